The zero-order valence-corrected chi connectivity index (χ0v) is 16.9. The zero-order valence-electron chi connectivity index (χ0n) is 16.9. The van der Waals surface area contributed by atoms with Crippen LogP contribution in [0.3, 0.4) is 0 Å². The van der Waals surface area contributed by atoms with Gasteiger partial charge in [-0.3, -0.25) is 14.4 Å². The van der Waals surface area contributed by atoms with Crippen LogP contribution in [0.15, 0.2) is 12.2 Å². The number of nitrogens with one attached hydrogen (secondary N) is 2. The van der Waals surface area contributed by atoms with E-state index in [9.17, 15) is 14.4 Å². The van der Waals surface area contributed by atoms with Crippen LogP contribution in [0.25, 0.3) is 0 Å². The van der Waals surface area contributed by atoms with Crippen molar-refractivity contribution >= 4 is 17.7 Å². The van der Waals surface area contributed by atoms with Gasteiger partial charge in [0.2, 0.25) is 17.7 Å². The van der Waals surface area contributed by atoms with Crippen LogP contribution in [-0.2, 0) is 19.1 Å². The first-order chi connectivity index (χ1) is 13.9. The van der Waals surface area contributed by atoms with Gasteiger partial charge in [-0.15, -0.1) is 0 Å². The lowest BCUT2D eigenvalue weighted by Gasteiger charge is -2.33. The van der Waals surface area contributed by atoms with Crippen molar-refractivity contribution in [3.05, 3.63) is 12.2 Å². The molecule has 2 saturated heterocycles. The molecule has 3 aliphatic carbocycles. The predicted octanol–water partition coefficient (Wildman–Crippen LogP) is 1.03. The summed E-state index contributed by atoms with van der Waals surface area (Å²) in [5.41, 5.74) is -1.86. The molecule has 156 valence electrons. The lowest BCUT2D eigenvalue weighted by atomic mass is 9.70. The Balaban J connectivity index is 1.36. The fourth-order valence-corrected chi connectivity index (χ4v) is 6.18. The standard InChI is InChI=1S/C22H29N3O4/c1-21-10-11-22(29-21)16(15(21)18(26)23-13-6-7-13)20(28)25(14-8-9-14)17(22)19(27)24-12-4-2-3-5-12/h10-17H,2-9H2,1H3,(H,23,26)(H,24,27)/t15-,16+,17-,21-,22-/m1/s1. The van der Waals surface area contributed by atoms with Gasteiger partial charge in [0.05, 0.1) is 17.4 Å². The highest BCUT2D eigenvalue weighted by atomic mass is 16.5. The van der Waals surface area contributed by atoms with Crippen molar-refractivity contribution < 1.29 is 19.1 Å². The van der Waals surface area contributed by atoms with E-state index < -0.39 is 29.1 Å². The summed E-state index contributed by atoms with van der Waals surface area (Å²) < 4.78 is 6.49. The van der Waals surface area contributed by atoms with E-state index >= 15 is 0 Å². The minimum Gasteiger partial charge on any atom is -0.356 e. The number of carbonyl (C=O) groups excluding carboxylic acids is 3. The van der Waals surface area contributed by atoms with Gasteiger partial charge in [0.1, 0.15) is 11.6 Å². The minimum absolute atomic E-state index is 0.0805. The molecule has 0 aromatic rings. The molecule has 5 atom stereocenters. The summed E-state index contributed by atoms with van der Waals surface area (Å²) in [5, 5.41) is 6.27. The van der Waals surface area contributed by atoms with E-state index in [1.165, 1.54) is 0 Å². The fraction of sp³-hybridized carbons (Fsp3) is 0.773. The Morgan fingerprint density at radius 2 is 1.66 bits per heavy atom. The third-order valence-electron chi connectivity index (χ3n) is 7.83. The van der Waals surface area contributed by atoms with Gasteiger partial charge in [-0.1, -0.05) is 25.0 Å². The van der Waals surface area contributed by atoms with E-state index in [1.807, 2.05) is 19.1 Å². The molecule has 3 amide bonds. The lowest BCUT2D eigenvalue weighted by molar-refractivity contribution is -0.145. The molecule has 0 radical (unpaired) electrons. The van der Waals surface area contributed by atoms with Crippen molar-refractivity contribution in [2.24, 2.45) is 11.8 Å². The predicted molar refractivity (Wildman–Crippen MR) is 104 cm³/mol. The zero-order chi connectivity index (χ0) is 20.0. The quantitative estimate of drug-likeness (QED) is 0.676. The average Bonchev–Trinajstić information content (AvgIpc) is 3.56. The Kier molecular flexibility index (Phi) is 3.61. The lowest BCUT2D eigenvalue weighted by Crippen LogP contribution is -2.56. The number of fused-ring (bicyclic) bond motifs is 1. The molecule has 5 fully saturated rings. The van der Waals surface area contributed by atoms with E-state index in [2.05, 4.69) is 10.6 Å². The van der Waals surface area contributed by atoms with Gasteiger partial charge >= 0.3 is 0 Å². The van der Waals surface area contributed by atoms with Crippen LogP contribution in [0.2, 0.25) is 0 Å². The Morgan fingerprint density at radius 3 is 2.31 bits per heavy atom. The molecule has 0 unspecified atom stereocenters. The molecule has 3 saturated carbocycles. The summed E-state index contributed by atoms with van der Waals surface area (Å²) in [7, 11) is 0. The SMILES string of the molecule is C[C@]12C=C[C@@]3(O1)[C@H](C(=O)N(C1CC1)[C@@H]3C(=O)NC1CCCC1)[C@@H]2C(=O)NC1CC1. The van der Waals surface area contributed by atoms with E-state index in [0.29, 0.717) is 0 Å². The van der Waals surface area contributed by atoms with Gasteiger partial charge in [0.15, 0.2) is 0 Å². The van der Waals surface area contributed by atoms with Crippen molar-refractivity contribution in [2.75, 3.05) is 0 Å². The summed E-state index contributed by atoms with van der Waals surface area (Å²) in [4.78, 5) is 42.0. The maximum absolute atomic E-state index is 13.6. The Morgan fingerprint density at radius 1 is 1.00 bits per heavy atom. The molecule has 0 aromatic heterocycles. The smallest absolute Gasteiger partial charge is 0.246 e. The first-order valence-electron chi connectivity index (χ1n) is 11.3. The third-order valence-corrected chi connectivity index (χ3v) is 7.83. The minimum atomic E-state index is -1.03. The summed E-state index contributed by atoms with van der Waals surface area (Å²) in [6.45, 7) is 1.88. The summed E-state index contributed by atoms with van der Waals surface area (Å²) in [5.74, 6) is -1.49. The first kappa shape index (κ1) is 17.9. The summed E-state index contributed by atoms with van der Waals surface area (Å²) >= 11 is 0. The second-order valence-corrected chi connectivity index (χ2v) is 10.1. The Bertz CT molecular complexity index is 813. The van der Waals surface area contributed by atoms with E-state index in [0.717, 1.165) is 51.4 Å². The van der Waals surface area contributed by atoms with Crippen LogP contribution in [0.4, 0.5) is 0 Å². The molecular formula is C22H29N3O4. The van der Waals surface area contributed by atoms with Crippen LogP contribution in [0.1, 0.15) is 58.3 Å². The number of hydrogen-bond donors (Lipinski definition) is 2. The van der Waals surface area contributed by atoms with Crippen molar-refractivity contribution in [1.29, 1.82) is 0 Å². The maximum atomic E-state index is 13.6. The summed E-state index contributed by atoms with van der Waals surface area (Å²) in [6.07, 6.45) is 11.9. The Hall–Kier alpha value is -1.89. The highest BCUT2D eigenvalue weighted by molar-refractivity contribution is 6.00. The highest BCUT2D eigenvalue weighted by Gasteiger charge is 2.77. The molecule has 0 aromatic carbocycles. The van der Waals surface area contributed by atoms with Crippen LogP contribution >= 0.6 is 0 Å². The third kappa shape index (κ3) is 2.49. The number of hydrogen-bond acceptors (Lipinski definition) is 4. The molecule has 7 nitrogen and oxygen atoms in total. The second-order valence-electron chi connectivity index (χ2n) is 10.1. The van der Waals surface area contributed by atoms with E-state index in [4.69, 9.17) is 4.74 Å². The molecule has 6 aliphatic rings. The largest absolute Gasteiger partial charge is 0.356 e. The van der Waals surface area contributed by atoms with Crippen LogP contribution in [0, 0.1) is 11.8 Å². The van der Waals surface area contributed by atoms with Crippen LogP contribution in [-0.4, -0.2) is 58.0 Å². The van der Waals surface area contributed by atoms with Crippen molar-refractivity contribution in [3.63, 3.8) is 0 Å². The van der Waals surface area contributed by atoms with Gasteiger partial charge in [-0.25, -0.2) is 0 Å². The molecule has 7 heteroatoms. The Labute approximate surface area is 170 Å². The topological polar surface area (TPSA) is 87.7 Å². The molecule has 3 heterocycles. The van der Waals surface area contributed by atoms with Gasteiger partial charge in [0, 0.05) is 18.1 Å². The number of likely N-dealkylation sites (tertiary alicyclic amines) is 1. The molecule has 2 bridgehead atoms. The molecule has 3 aliphatic heterocycles. The molecule has 29 heavy (non-hydrogen) atoms. The van der Waals surface area contributed by atoms with Gasteiger partial charge < -0.3 is 20.3 Å². The molecule has 1 spiro atoms. The van der Waals surface area contributed by atoms with Gasteiger partial charge in [-0.05, 0) is 45.4 Å². The molecule has 6 rings (SSSR count). The van der Waals surface area contributed by atoms with Crippen LogP contribution in [0.5, 0.6) is 0 Å². The number of nitrogens with zero attached hydrogens (tertiary/aromatic N) is 1. The second kappa shape index (κ2) is 5.84. The first-order valence-corrected chi connectivity index (χ1v) is 11.3. The molecular weight excluding hydrogens is 370 g/mol. The normalized spacial score (nSPS) is 43.1. The van der Waals surface area contributed by atoms with E-state index in [1.54, 1.807) is 4.90 Å². The monoisotopic (exact) mass is 399 g/mol. The van der Waals surface area contributed by atoms with Gasteiger partial charge in [0.25, 0.3) is 0 Å². The van der Waals surface area contributed by atoms with Crippen LogP contribution < -0.4 is 10.6 Å². The number of carbonyl (C=O) groups is 3. The highest BCUT2D eigenvalue weighted by Crippen LogP contribution is 2.61. The number of amides is 3. The van der Waals surface area contributed by atoms with Crippen molar-refractivity contribution in [3.8, 4) is 0 Å². The molecule has 2 N–H and O–H groups in total. The van der Waals surface area contributed by atoms with Gasteiger partial charge in [-0.2, -0.15) is 0 Å². The average molecular weight is 399 g/mol. The van der Waals surface area contributed by atoms with Crippen molar-refractivity contribution in [1.82, 2.24) is 15.5 Å². The summed E-state index contributed by atoms with van der Waals surface area (Å²) in [6, 6.07) is -0.174. The maximum Gasteiger partial charge on any atom is 0.246 e. The number of ether oxygens (including phenoxy) is 1. The fourth-order valence-electron chi connectivity index (χ4n) is 6.18. The van der Waals surface area contributed by atoms with Crippen molar-refractivity contribution in [2.45, 2.75) is 93.7 Å². The number of rotatable bonds is 5. The van der Waals surface area contributed by atoms with E-state index in [-0.39, 0.29) is 35.8 Å².